The molecule has 122 valence electrons. The Hall–Kier alpha value is -0.650. The van der Waals surface area contributed by atoms with E-state index in [-0.39, 0.29) is 17.6 Å². The molecular weight excluding hydrogens is 347 g/mol. The highest BCUT2D eigenvalue weighted by atomic mass is 79.9. The molecule has 0 aromatic heterocycles. The van der Waals surface area contributed by atoms with E-state index >= 15 is 0 Å². The van der Waals surface area contributed by atoms with E-state index in [4.69, 9.17) is 0 Å². The molecule has 1 aromatic rings. The molecule has 3 nitrogen and oxygen atoms in total. The average molecular weight is 371 g/mol. The zero-order valence-electron chi connectivity index (χ0n) is 12.8. The third-order valence-corrected chi connectivity index (χ3v) is 5.69. The van der Waals surface area contributed by atoms with Crippen LogP contribution in [-0.2, 0) is 0 Å². The highest BCUT2D eigenvalue weighted by Crippen LogP contribution is 2.44. The van der Waals surface area contributed by atoms with Crippen molar-refractivity contribution in [2.75, 3.05) is 26.2 Å². The first kappa shape index (κ1) is 16.2. The Morgan fingerprint density at radius 2 is 1.86 bits per heavy atom. The van der Waals surface area contributed by atoms with Gasteiger partial charge in [0.1, 0.15) is 11.6 Å². The topological polar surface area (TPSA) is 35.5 Å². The van der Waals surface area contributed by atoms with Crippen LogP contribution in [0.1, 0.15) is 43.7 Å². The molecule has 5 heteroatoms. The second-order valence-electron chi connectivity index (χ2n) is 6.42. The normalized spacial score (nSPS) is 22.6. The maximum Gasteiger partial charge on any atom is 0.137 e. The van der Waals surface area contributed by atoms with Gasteiger partial charge in [0.05, 0.1) is 4.47 Å². The molecule has 1 aromatic carbocycles. The first-order valence-corrected chi connectivity index (χ1v) is 9.09. The lowest BCUT2D eigenvalue weighted by atomic mass is 9.79. The number of hydrogen-bond acceptors (Lipinski definition) is 3. The third-order valence-electron chi connectivity index (χ3n) is 5.05. The van der Waals surface area contributed by atoms with E-state index in [1.54, 1.807) is 6.07 Å². The molecule has 1 atom stereocenters. The number of hydrogen-bond donors (Lipinski definition) is 2. The van der Waals surface area contributed by atoms with Crippen LogP contribution in [0.5, 0.6) is 5.75 Å². The van der Waals surface area contributed by atoms with Gasteiger partial charge in [-0.1, -0.05) is 19.3 Å². The number of halogens is 2. The van der Waals surface area contributed by atoms with Crippen LogP contribution < -0.4 is 5.32 Å². The summed E-state index contributed by atoms with van der Waals surface area (Å²) >= 11 is 3.35. The van der Waals surface area contributed by atoms with E-state index in [1.807, 2.05) is 0 Å². The lowest BCUT2D eigenvalue weighted by molar-refractivity contribution is 0.0983. The number of nitrogens with zero attached hydrogens (tertiary/aromatic N) is 1. The van der Waals surface area contributed by atoms with Gasteiger partial charge in [-0.3, -0.25) is 4.90 Å². The van der Waals surface area contributed by atoms with Crippen molar-refractivity contribution >= 4 is 15.9 Å². The minimum Gasteiger partial charge on any atom is -0.506 e. The molecule has 2 fully saturated rings. The van der Waals surface area contributed by atoms with Crippen molar-refractivity contribution in [3.8, 4) is 5.75 Å². The van der Waals surface area contributed by atoms with Crippen LogP contribution in [0.25, 0.3) is 0 Å². The van der Waals surface area contributed by atoms with Crippen LogP contribution >= 0.6 is 15.9 Å². The van der Waals surface area contributed by atoms with Crippen molar-refractivity contribution in [2.24, 2.45) is 5.92 Å². The SMILES string of the molecule is Oc1c(Br)ccc(F)c1[C@@H](C1CCCCC1)N1CCNCC1. The summed E-state index contributed by atoms with van der Waals surface area (Å²) in [5.41, 5.74) is 0.489. The number of phenolic OH excluding ortho intramolecular Hbond substituents is 1. The number of phenols is 1. The van der Waals surface area contributed by atoms with E-state index < -0.39 is 0 Å². The summed E-state index contributed by atoms with van der Waals surface area (Å²) in [6.45, 7) is 3.68. The summed E-state index contributed by atoms with van der Waals surface area (Å²) in [5.74, 6) is 0.227. The van der Waals surface area contributed by atoms with Gasteiger partial charge in [-0.2, -0.15) is 0 Å². The Balaban J connectivity index is 1.98. The van der Waals surface area contributed by atoms with Crippen molar-refractivity contribution in [2.45, 2.75) is 38.1 Å². The summed E-state index contributed by atoms with van der Waals surface area (Å²) in [6, 6.07) is 3.04. The Morgan fingerprint density at radius 3 is 2.55 bits per heavy atom. The molecule has 1 aliphatic heterocycles. The fraction of sp³-hybridized carbons (Fsp3) is 0.647. The molecule has 22 heavy (non-hydrogen) atoms. The number of nitrogens with one attached hydrogen (secondary N) is 1. The number of rotatable bonds is 3. The molecule has 0 amide bonds. The molecule has 3 rings (SSSR count). The lowest BCUT2D eigenvalue weighted by Crippen LogP contribution is -2.47. The van der Waals surface area contributed by atoms with Crippen molar-refractivity contribution in [3.63, 3.8) is 0 Å². The van der Waals surface area contributed by atoms with Crippen LogP contribution in [-0.4, -0.2) is 36.2 Å². The molecule has 1 aliphatic carbocycles. The standard InChI is InChI=1S/C17H24BrFN2O/c18-13-6-7-14(19)15(17(13)22)16(12-4-2-1-3-5-12)21-10-8-20-9-11-21/h6-7,12,16,20,22H,1-5,8-11H2/t16-/m1/s1. The summed E-state index contributed by atoms with van der Waals surface area (Å²) in [6.07, 6.45) is 5.95. The Labute approximate surface area is 140 Å². The monoisotopic (exact) mass is 370 g/mol. The van der Waals surface area contributed by atoms with Gasteiger partial charge in [0.25, 0.3) is 0 Å². The molecule has 2 aliphatic rings. The summed E-state index contributed by atoms with van der Waals surface area (Å²) in [4.78, 5) is 2.36. The fourth-order valence-corrected chi connectivity index (χ4v) is 4.31. The van der Waals surface area contributed by atoms with Gasteiger partial charge in [0.2, 0.25) is 0 Å². The van der Waals surface area contributed by atoms with Crippen LogP contribution in [0.3, 0.4) is 0 Å². The molecule has 0 radical (unpaired) electrons. The van der Waals surface area contributed by atoms with Gasteiger partial charge in [0.15, 0.2) is 0 Å². The van der Waals surface area contributed by atoms with Gasteiger partial charge in [-0.05, 0) is 46.8 Å². The van der Waals surface area contributed by atoms with Gasteiger partial charge >= 0.3 is 0 Å². The van der Waals surface area contributed by atoms with Gasteiger partial charge in [0, 0.05) is 37.8 Å². The first-order chi connectivity index (χ1) is 10.7. The van der Waals surface area contributed by atoms with Gasteiger partial charge in [-0.15, -0.1) is 0 Å². The van der Waals surface area contributed by atoms with Crippen LogP contribution in [0, 0.1) is 11.7 Å². The van der Waals surface area contributed by atoms with Crippen molar-refractivity contribution in [1.82, 2.24) is 10.2 Å². The van der Waals surface area contributed by atoms with Crippen LogP contribution in [0.15, 0.2) is 16.6 Å². The first-order valence-electron chi connectivity index (χ1n) is 8.30. The Bertz CT molecular complexity index is 496. The quantitative estimate of drug-likeness (QED) is 0.848. The van der Waals surface area contributed by atoms with E-state index in [0.29, 0.717) is 16.0 Å². The minimum atomic E-state index is -0.283. The van der Waals surface area contributed by atoms with E-state index in [0.717, 1.165) is 39.0 Å². The molecule has 0 bridgehead atoms. The van der Waals surface area contributed by atoms with Crippen LogP contribution in [0.4, 0.5) is 4.39 Å². The second kappa shape index (κ2) is 7.28. The molecular formula is C17H24BrFN2O. The van der Waals surface area contributed by atoms with E-state index in [2.05, 4.69) is 26.1 Å². The number of piperazine rings is 1. The fourth-order valence-electron chi connectivity index (χ4n) is 3.96. The molecule has 2 N–H and O–H groups in total. The maximum atomic E-state index is 14.6. The van der Waals surface area contributed by atoms with Gasteiger partial charge < -0.3 is 10.4 Å². The van der Waals surface area contributed by atoms with E-state index in [9.17, 15) is 9.50 Å². The number of benzene rings is 1. The number of aromatic hydroxyl groups is 1. The summed E-state index contributed by atoms with van der Waals surface area (Å²) < 4.78 is 15.2. The average Bonchev–Trinajstić information content (AvgIpc) is 2.57. The highest BCUT2D eigenvalue weighted by molar-refractivity contribution is 9.10. The van der Waals surface area contributed by atoms with Crippen molar-refractivity contribution < 1.29 is 9.50 Å². The smallest absolute Gasteiger partial charge is 0.137 e. The van der Waals surface area contributed by atoms with Crippen LogP contribution in [0.2, 0.25) is 0 Å². The third kappa shape index (κ3) is 3.31. The predicted octanol–water partition coefficient (Wildman–Crippen LogP) is 3.82. The highest BCUT2D eigenvalue weighted by Gasteiger charge is 2.34. The Kier molecular flexibility index (Phi) is 5.37. The lowest BCUT2D eigenvalue weighted by Gasteiger charge is -2.41. The molecule has 1 saturated carbocycles. The zero-order valence-corrected chi connectivity index (χ0v) is 14.4. The predicted molar refractivity (Wildman–Crippen MR) is 89.5 cm³/mol. The Morgan fingerprint density at radius 1 is 1.18 bits per heavy atom. The van der Waals surface area contributed by atoms with Crippen molar-refractivity contribution in [1.29, 1.82) is 0 Å². The van der Waals surface area contributed by atoms with Gasteiger partial charge in [-0.25, -0.2) is 4.39 Å². The summed E-state index contributed by atoms with van der Waals surface area (Å²) in [5, 5.41) is 13.8. The molecule has 1 heterocycles. The zero-order chi connectivity index (χ0) is 15.5. The summed E-state index contributed by atoms with van der Waals surface area (Å²) in [7, 11) is 0. The second-order valence-corrected chi connectivity index (χ2v) is 7.27. The molecule has 0 spiro atoms. The minimum absolute atomic E-state index is 0.0140. The molecule has 0 unspecified atom stereocenters. The van der Waals surface area contributed by atoms with E-state index in [1.165, 1.54) is 25.3 Å². The van der Waals surface area contributed by atoms with Crippen molar-refractivity contribution in [3.05, 3.63) is 28.0 Å². The molecule has 1 saturated heterocycles. The maximum absolute atomic E-state index is 14.6. The largest absolute Gasteiger partial charge is 0.506 e.